The first-order chi connectivity index (χ1) is 16.1. The van der Waals surface area contributed by atoms with Crippen LogP contribution in [0.5, 0.6) is 0 Å². The highest BCUT2D eigenvalue weighted by Gasteiger charge is 2.47. The van der Waals surface area contributed by atoms with Crippen LogP contribution in [0.15, 0.2) is 66.2 Å². The summed E-state index contributed by atoms with van der Waals surface area (Å²) >= 11 is 12.0. The van der Waals surface area contributed by atoms with Gasteiger partial charge in [-0.2, -0.15) is 0 Å². The molecule has 1 heterocycles. The highest BCUT2D eigenvalue weighted by Crippen LogP contribution is 2.43. The van der Waals surface area contributed by atoms with Crippen molar-refractivity contribution < 1.29 is 23.5 Å². The van der Waals surface area contributed by atoms with E-state index in [4.69, 9.17) is 23.2 Å². The normalized spacial score (nSPS) is 17.4. The van der Waals surface area contributed by atoms with E-state index < -0.39 is 35.1 Å². The lowest BCUT2D eigenvalue weighted by Gasteiger charge is -2.26. The minimum atomic E-state index is -1.18. The van der Waals surface area contributed by atoms with Gasteiger partial charge < -0.3 is 10.0 Å². The summed E-state index contributed by atoms with van der Waals surface area (Å²) in [5, 5.41) is 11.5. The van der Waals surface area contributed by atoms with Crippen molar-refractivity contribution in [3.8, 4) is 0 Å². The van der Waals surface area contributed by atoms with E-state index in [2.05, 4.69) is 0 Å². The first-order valence-corrected chi connectivity index (χ1v) is 10.8. The van der Waals surface area contributed by atoms with Crippen molar-refractivity contribution in [1.82, 2.24) is 0 Å². The minimum Gasteiger partial charge on any atom is -0.507 e. The molecule has 174 valence electrons. The number of aliphatic hydroxyl groups is 1. The molecule has 0 bridgehead atoms. The lowest BCUT2D eigenvalue weighted by molar-refractivity contribution is -0.132. The molecule has 1 aliphatic heterocycles. The number of anilines is 2. The Morgan fingerprint density at radius 2 is 1.59 bits per heavy atom. The van der Waals surface area contributed by atoms with Gasteiger partial charge in [0.1, 0.15) is 5.76 Å². The molecule has 1 amide bonds. The molecule has 34 heavy (non-hydrogen) atoms. The van der Waals surface area contributed by atoms with Crippen molar-refractivity contribution in [3.63, 3.8) is 0 Å². The highest BCUT2D eigenvalue weighted by atomic mass is 35.5. The van der Waals surface area contributed by atoms with E-state index in [0.29, 0.717) is 5.56 Å². The molecule has 3 aromatic rings. The third-order valence-corrected chi connectivity index (χ3v) is 6.28. The van der Waals surface area contributed by atoms with Crippen LogP contribution in [-0.2, 0) is 9.59 Å². The van der Waals surface area contributed by atoms with Crippen LogP contribution in [0.3, 0.4) is 0 Å². The molecule has 0 aromatic heterocycles. The molecule has 1 aliphatic rings. The molecule has 1 unspecified atom stereocenters. The number of rotatable bonds is 4. The second kappa shape index (κ2) is 9.08. The van der Waals surface area contributed by atoms with Crippen LogP contribution in [0.4, 0.5) is 20.2 Å². The molecular weight excluding hydrogens is 485 g/mol. The van der Waals surface area contributed by atoms with E-state index in [1.54, 1.807) is 24.3 Å². The molecular formula is C25H18Cl2F2N2O3. The summed E-state index contributed by atoms with van der Waals surface area (Å²) in [5.74, 6) is -4.71. The van der Waals surface area contributed by atoms with E-state index in [1.165, 1.54) is 24.3 Å². The standard InChI is InChI=1S/C25H18Cl2F2N2O3/c1-30(2)15-6-3-13(4-7-15)22-21(23(32)14-5-9-17(26)18(27)11-14)24(33)25(34)31(22)16-8-10-19(28)20(29)12-16/h3-12,22,32H,1-2H3/b23-21+. The van der Waals surface area contributed by atoms with Crippen molar-refractivity contribution >= 4 is 52.0 Å². The fourth-order valence-corrected chi connectivity index (χ4v) is 4.10. The number of halogens is 4. The van der Waals surface area contributed by atoms with Gasteiger partial charge in [0, 0.05) is 37.1 Å². The van der Waals surface area contributed by atoms with Crippen LogP contribution in [0.2, 0.25) is 10.0 Å². The van der Waals surface area contributed by atoms with Crippen molar-refractivity contribution in [2.45, 2.75) is 6.04 Å². The van der Waals surface area contributed by atoms with Gasteiger partial charge in [-0.15, -0.1) is 0 Å². The van der Waals surface area contributed by atoms with Gasteiger partial charge in [-0.05, 0) is 48.0 Å². The number of nitrogens with zero attached hydrogens (tertiary/aromatic N) is 2. The predicted molar refractivity (Wildman–Crippen MR) is 128 cm³/mol. The number of amides is 1. The fraction of sp³-hybridized carbons (Fsp3) is 0.120. The predicted octanol–water partition coefficient (Wildman–Crippen LogP) is 5.96. The Labute approximate surface area is 204 Å². The molecule has 5 nitrogen and oxygen atoms in total. The Balaban J connectivity index is 1.95. The quantitative estimate of drug-likeness (QED) is 0.271. The molecule has 1 N–H and O–H groups in total. The highest BCUT2D eigenvalue weighted by molar-refractivity contribution is 6.51. The summed E-state index contributed by atoms with van der Waals surface area (Å²) in [7, 11) is 3.71. The Kier molecular flexibility index (Phi) is 6.34. The SMILES string of the molecule is CN(C)c1ccc(C2/C(=C(\O)c3ccc(Cl)c(Cl)c3)C(=O)C(=O)N2c2ccc(F)c(F)c2)cc1. The summed E-state index contributed by atoms with van der Waals surface area (Å²) in [5.41, 5.74) is 1.27. The number of Topliss-reactive ketones (excluding diaryl/α,β-unsaturated/α-hetero) is 1. The number of aliphatic hydroxyl groups excluding tert-OH is 1. The molecule has 1 saturated heterocycles. The molecule has 0 spiro atoms. The van der Waals surface area contributed by atoms with Crippen LogP contribution < -0.4 is 9.80 Å². The van der Waals surface area contributed by atoms with Crippen molar-refractivity contribution in [2.75, 3.05) is 23.9 Å². The van der Waals surface area contributed by atoms with E-state index in [9.17, 15) is 23.5 Å². The van der Waals surface area contributed by atoms with Crippen LogP contribution in [0.1, 0.15) is 17.2 Å². The maximum atomic E-state index is 14.0. The molecule has 1 fully saturated rings. The van der Waals surface area contributed by atoms with Crippen LogP contribution in [-0.4, -0.2) is 30.9 Å². The number of ketones is 1. The number of hydrogen-bond donors (Lipinski definition) is 1. The maximum Gasteiger partial charge on any atom is 0.300 e. The molecule has 0 saturated carbocycles. The zero-order valence-corrected chi connectivity index (χ0v) is 19.5. The third kappa shape index (κ3) is 4.13. The van der Waals surface area contributed by atoms with Gasteiger partial charge in [0.25, 0.3) is 11.7 Å². The van der Waals surface area contributed by atoms with E-state index >= 15 is 0 Å². The zero-order valence-electron chi connectivity index (χ0n) is 18.0. The van der Waals surface area contributed by atoms with Gasteiger partial charge in [0.2, 0.25) is 0 Å². The average molecular weight is 503 g/mol. The van der Waals surface area contributed by atoms with Gasteiger partial charge in [-0.1, -0.05) is 35.3 Å². The van der Waals surface area contributed by atoms with E-state index in [1.807, 2.05) is 19.0 Å². The first-order valence-electron chi connectivity index (χ1n) is 10.1. The number of hydrogen-bond acceptors (Lipinski definition) is 4. The fourth-order valence-electron chi connectivity index (χ4n) is 3.80. The maximum absolute atomic E-state index is 14.0. The molecule has 0 radical (unpaired) electrons. The number of carbonyl (C=O) groups excluding carboxylic acids is 2. The molecule has 1 atom stereocenters. The van der Waals surface area contributed by atoms with Crippen molar-refractivity contribution in [1.29, 1.82) is 0 Å². The lowest BCUT2D eigenvalue weighted by atomic mass is 9.95. The van der Waals surface area contributed by atoms with Crippen LogP contribution in [0.25, 0.3) is 5.76 Å². The van der Waals surface area contributed by atoms with Gasteiger partial charge in [-0.3, -0.25) is 14.5 Å². The summed E-state index contributed by atoms with van der Waals surface area (Å²) < 4.78 is 27.6. The van der Waals surface area contributed by atoms with Gasteiger partial charge >= 0.3 is 0 Å². The molecule has 9 heteroatoms. The molecule has 4 rings (SSSR count). The lowest BCUT2D eigenvalue weighted by Crippen LogP contribution is -2.29. The van der Waals surface area contributed by atoms with Gasteiger partial charge in [-0.25, -0.2) is 8.78 Å². The van der Waals surface area contributed by atoms with E-state index in [0.717, 1.165) is 22.7 Å². The Bertz CT molecular complexity index is 1340. The van der Waals surface area contributed by atoms with E-state index in [-0.39, 0.29) is 26.9 Å². The summed E-state index contributed by atoms with van der Waals surface area (Å²) in [6.45, 7) is 0. The second-order valence-electron chi connectivity index (χ2n) is 7.88. The van der Waals surface area contributed by atoms with Crippen LogP contribution in [0, 0.1) is 11.6 Å². The van der Waals surface area contributed by atoms with Gasteiger partial charge in [0.15, 0.2) is 11.6 Å². The monoisotopic (exact) mass is 502 g/mol. The van der Waals surface area contributed by atoms with Crippen molar-refractivity contribution in [3.05, 3.63) is 99.0 Å². The Morgan fingerprint density at radius 1 is 0.912 bits per heavy atom. The third-order valence-electron chi connectivity index (χ3n) is 5.54. The molecule has 3 aromatic carbocycles. The summed E-state index contributed by atoms with van der Waals surface area (Å²) in [6, 6.07) is 13.0. The molecule has 0 aliphatic carbocycles. The minimum absolute atomic E-state index is 0.0316. The number of carbonyl (C=O) groups is 2. The summed E-state index contributed by atoms with van der Waals surface area (Å²) in [4.78, 5) is 29.1. The number of benzene rings is 3. The van der Waals surface area contributed by atoms with Gasteiger partial charge in [0.05, 0.1) is 21.7 Å². The average Bonchev–Trinajstić information content (AvgIpc) is 3.07. The summed E-state index contributed by atoms with van der Waals surface area (Å²) in [6.07, 6.45) is 0. The first kappa shape index (κ1) is 23.7. The Hall–Kier alpha value is -3.42. The smallest absolute Gasteiger partial charge is 0.300 e. The zero-order chi connectivity index (χ0) is 24.7. The largest absolute Gasteiger partial charge is 0.507 e. The van der Waals surface area contributed by atoms with Crippen LogP contribution >= 0.6 is 23.2 Å². The topological polar surface area (TPSA) is 60.9 Å². The van der Waals surface area contributed by atoms with Crippen molar-refractivity contribution in [2.24, 2.45) is 0 Å². The second-order valence-corrected chi connectivity index (χ2v) is 8.70. The Morgan fingerprint density at radius 3 is 2.18 bits per heavy atom.